The van der Waals surface area contributed by atoms with Crippen LogP contribution < -0.4 is 10.2 Å². The lowest BCUT2D eigenvalue weighted by Gasteiger charge is -2.28. The summed E-state index contributed by atoms with van der Waals surface area (Å²) in [6, 6.07) is 8.65. The number of thiazole rings is 1. The molecule has 5 heteroatoms. The monoisotopic (exact) mass is 303 g/mol. The molecular weight excluding hydrogens is 282 g/mol. The van der Waals surface area contributed by atoms with Crippen LogP contribution in [0.15, 0.2) is 30.5 Å². The van der Waals surface area contributed by atoms with Gasteiger partial charge in [0.05, 0.1) is 24.8 Å². The molecule has 2 heterocycles. The second-order valence-electron chi connectivity index (χ2n) is 5.07. The maximum absolute atomic E-state index is 5.38. The minimum absolute atomic E-state index is 0.825. The number of hydrogen-bond donors (Lipinski definition) is 1. The Bertz CT molecular complexity index is 561. The molecule has 0 bridgehead atoms. The Morgan fingerprint density at radius 2 is 2.00 bits per heavy atom. The van der Waals surface area contributed by atoms with Gasteiger partial charge in [0, 0.05) is 35.5 Å². The molecule has 0 saturated carbocycles. The van der Waals surface area contributed by atoms with E-state index in [0.29, 0.717) is 0 Å². The van der Waals surface area contributed by atoms with E-state index < -0.39 is 0 Å². The van der Waals surface area contributed by atoms with Gasteiger partial charge < -0.3 is 15.0 Å². The fourth-order valence-corrected chi connectivity index (χ4v) is 3.20. The smallest absolute Gasteiger partial charge is 0.0925 e. The van der Waals surface area contributed by atoms with Gasteiger partial charge in [0.1, 0.15) is 0 Å². The van der Waals surface area contributed by atoms with Crippen LogP contribution in [0.1, 0.15) is 16.8 Å². The molecule has 1 aliphatic rings. The summed E-state index contributed by atoms with van der Waals surface area (Å²) in [6.45, 7) is 6.59. The van der Waals surface area contributed by atoms with E-state index in [-0.39, 0.29) is 0 Å². The van der Waals surface area contributed by atoms with Gasteiger partial charge in [0.2, 0.25) is 0 Å². The molecule has 1 fully saturated rings. The number of hydrogen-bond acceptors (Lipinski definition) is 5. The molecule has 0 amide bonds. The predicted molar refractivity (Wildman–Crippen MR) is 88.3 cm³/mol. The van der Waals surface area contributed by atoms with Crippen LogP contribution in [0.4, 0.5) is 11.4 Å². The molecule has 1 aromatic carbocycles. The molecule has 1 N–H and O–H groups in total. The Balaban J connectivity index is 1.56. The van der Waals surface area contributed by atoms with E-state index in [4.69, 9.17) is 4.74 Å². The Hall–Kier alpha value is -1.59. The first-order chi connectivity index (χ1) is 10.3. The number of ether oxygens (including phenoxy) is 1. The van der Waals surface area contributed by atoms with E-state index in [0.717, 1.165) is 45.0 Å². The van der Waals surface area contributed by atoms with Crippen LogP contribution in [0.2, 0.25) is 0 Å². The van der Waals surface area contributed by atoms with Crippen molar-refractivity contribution in [3.63, 3.8) is 0 Å². The highest BCUT2D eigenvalue weighted by Gasteiger charge is 2.10. The van der Waals surface area contributed by atoms with E-state index in [9.17, 15) is 0 Å². The topological polar surface area (TPSA) is 37.4 Å². The summed E-state index contributed by atoms with van der Waals surface area (Å²) in [4.78, 5) is 8.03. The van der Waals surface area contributed by atoms with Crippen LogP contribution in [-0.4, -0.2) is 31.3 Å². The lowest BCUT2D eigenvalue weighted by molar-refractivity contribution is 0.122. The zero-order chi connectivity index (χ0) is 14.5. The van der Waals surface area contributed by atoms with Crippen LogP contribution in [0, 0.1) is 0 Å². The van der Waals surface area contributed by atoms with Gasteiger partial charge in [-0.1, -0.05) is 6.92 Å². The van der Waals surface area contributed by atoms with Gasteiger partial charge >= 0.3 is 0 Å². The van der Waals surface area contributed by atoms with E-state index >= 15 is 0 Å². The average Bonchev–Trinajstić information content (AvgIpc) is 3.02. The normalized spacial score (nSPS) is 15.2. The first-order valence-corrected chi connectivity index (χ1v) is 8.27. The molecule has 2 aromatic rings. The third kappa shape index (κ3) is 3.74. The van der Waals surface area contributed by atoms with E-state index in [1.807, 2.05) is 6.20 Å². The van der Waals surface area contributed by atoms with Crippen molar-refractivity contribution < 1.29 is 4.74 Å². The molecule has 4 nitrogen and oxygen atoms in total. The third-order valence-electron chi connectivity index (χ3n) is 3.61. The van der Waals surface area contributed by atoms with E-state index in [1.165, 1.54) is 15.6 Å². The Morgan fingerprint density at radius 1 is 1.24 bits per heavy atom. The summed E-state index contributed by atoms with van der Waals surface area (Å²) in [6.07, 6.45) is 2.98. The highest BCUT2D eigenvalue weighted by atomic mass is 32.1. The molecule has 0 atom stereocenters. The number of aryl methyl sites for hydroxylation is 1. The molecule has 0 unspecified atom stereocenters. The van der Waals surface area contributed by atoms with Gasteiger partial charge in [-0.2, -0.15) is 0 Å². The van der Waals surface area contributed by atoms with Gasteiger partial charge in [0.25, 0.3) is 0 Å². The Kier molecular flexibility index (Phi) is 4.72. The van der Waals surface area contributed by atoms with Crippen LogP contribution in [-0.2, 0) is 17.7 Å². The lowest BCUT2D eigenvalue weighted by atomic mass is 10.2. The molecule has 1 saturated heterocycles. The fourth-order valence-electron chi connectivity index (χ4n) is 2.39. The molecule has 0 radical (unpaired) electrons. The standard InChI is InChI=1S/C16H21N3OS/c1-2-16-18-12-15(21-16)11-17-13-3-5-14(6-4-13)19-7-9-20-10-8-19/h3-6,12,17H,2,7-11H2,1H3. The average molecular weight is 303 g/mol. The minimum Gasteiger partial charge on any atom is -0.380 e. The molecule has 0 aliphatic carbocycles. The van der Waals surface area contributed by atoms with Crippen molar-refractivity contribution in [2.45, 2.75) is 19.9 Å². The van der Waals surface area contributed by atoms with Gasteiger partial charge in [-0.25, -0.2) is 4.98 Å². The zero-order valence-electron chi connectivity index (χ0n) is 12.3. The number of nitrogens with one attached hydrogen (secondary N) is 1. The van der Waals surface area contributed by atoms with Crippen LogP contribution in [0.25, 0.3) is 0 Å². The summed E-state index contributed by atoms with van der Waals surface area (Å²) in [5, 5.41) is 4.66. The zero-order valence-corrected chi connectivity index (χ0v) is 13.2. The highest BCUT2D eigenvalue weighted by Crippen LogP contribution is 2.20. The van der Waals surface area contributed by atoms with Crippen molar-refractivity contribution in [3.05, 3.63) is 40.3 Å². The lowest BCUT2D eigenvalue weighted by Crippen LogP contribution is -2.36. The predicted octanol–water partition coefficient (Wildman–Crippen LogP) is 3.15. The van der Waals surface area contributed by atoms with Gasteiger partial charge in [-0.3, -0.25) is 0 Å². The summed E-state index contributed by atoms with van der Waals surface area (Å²) in [7, 11) is 0. The van der Waals surface area contributed by atoms with Crippen molar-refractivity contribution in [1.82, 2.24) is 4.98 Å². The third-order valence-corrected chi connectivity index (χ3v) is 4.76. The highest BCUT2D eigenvalue weighted by molar-refractivity contribution is 7.11. The Labute approximate surface area is 129 Å². The van der Waals surface area contributed by atoms with Crippen LogP contribution >= 0.6 is 11.3 Å². The Morgan fingerprint density at radius 3 is 2.67 bits per heavy atom. The second-order valence-corrected chi connectivity index (χ2v) is 6.27. The molecule has 3 rings (SSSR count). The van der Waals surface area contributed by atoms with Crippen molar-refractivity contribution >= 4 is 22.7 Å². The summed E-state index contributed by atoms with van der Waals surface area (Å²) >= 11 is 1.78. The summed E-state index contributed by atoms with van der Waals surface area (Å²) in [5.41, 5.74) is 2.42. The molecule has 21 heavy (non-hydrogen) atoms. The maximum Gasteiger partial charge on any atom is 0.0925 e. The van der Waals surface area contributed by atoms with E-state index in [1.54, 1.807) is 11.3 Å². The number of morpholine rings is 1. The maximum atomic E-state index is 5.38. The first-order valence-electron chi connectivity index (χ1n) is 7.45. The minimum atomic E-state index is 0.825. The molecule has 1 aliphatic heterocycles. The number of aromatic nitrogens is 1. The van der Waals surface area contributed by atoms with E-state index in [2.05, 4.69) is 46.4 Å². The van der Waals surface area contributed by atoms with Crippen molar-refractivity contribution in [3.8, 4) is 0 Å². The summed E-state index contributed by atoms with van der Waals surface area (Å²) in [5.74, 6) is 0. The largest absolute Gasteiger partial charge is 0.380 e. The summed E-state index contributed by atoms with van der Waals surface area (Å²) < 4.78 is 5.38. The van der Waals surface area contributed by atoms with Crippen LogP contribution in [0.3, 0.4) is 0 Å². The molecule has 0 spiro atoms. The van der Waals surface area contributed by atoms with Crippen LogP contribution in [0.5, 0.6) is 0 Å². The molecule has 1 aromatic heterocycles. The number of nitrogens with zero attached hydrogens (tertiary/aromatic N) is 2. The first kappa shape index (κ1) is 14.4. The van der Waals surface area contributed by atoms with Crippen molar-refractivity contribution in [2.24, 2.45) is 0 Å². The van der Waals surface area contributed by atoms with Gasteiger partial charge in [0.15, 0.2) is 0 Å². The molecular formula is C16H21N3OS. The number of anilines is 2. The quantitative estimate of drug-likeness (QED) is 0.921. The van der Waals surface area contributed by atoms with Gasteiger partial charge in [-0.05, 0) is 30.7 Å². The van der Waals surface area contributed by atoms with Crippen molar-refractivity contribution in [1.29, 1.82) is 0 Å². The fraction of sp³-hybridized carbons (Fsp3) is 0.438. The van der Waals surface area contributed by atoms with Gasteiger partial charge in [-0.15, -0.1) is 11.3 Å². The number of benzene rings is 1. The molecule has 112 valence electrons. The SMILES string of the molecule is CCc1ncc(CNc2ccc(N3CCOCC3)cc2)s1. The number of rotatable bonds is 5. The van der Waals surface area contributed by atoms with Crippen molar-refractivity contribution in [2.75, 3.05) is 36.5 Å². The second kappa shape index (κ2) is 6.91.